The zero-order chi connectivity index (χ0) is 20.1. The molecule has 5 nitrogen and oxygen atoms in total. The van der Waals surface area contributed by atoms with E-state index in [0.717, 1.165) is 28.1 Å². The van der Waals surface area contributed by atoms with Gasteiger partial charge in [-0.2, -0.15) is 0 Å². The zero-order valence-electron chi connectivity index (χ0n) is 16.4. The molecule has 3 rings (SSSR count). The molecular formula is C21H25FN3O2S+. The van der Waals surface area contributed by atoms with Crippen LogP contribution in [0.3, 0.4) is 0 Å². The number of quaternary nitrogens is 1. The topological polar surface area (TPSA) is 46.9 Å². The number of hydrogen-bond acceptors (Lipinski definition) is 4. The minimum absolute atomic E-state index is 0.0445. The molecule has 3 aromatic rings. The van der Waals surface area contributed by atoms with E-state index in [0.29, 0.717) is 18.3 Å². The van der Waals surface area contributed by atoms with Crippen molar-refractivity contribution in [3.63, 3.8) is 0 Å². The Kier molecular flexibility index (Phi) is 6.59. The molecule has 0 bridgehead atoms. The van der Waals surface area contributed by atoms with Crippen molar-refractivity contribution in [1.82, 2.24) is 4.98 Å². The largest absolute Gasteiger partial charge is 0.494 e. The molecule has 0 spiro atoms. The summed E-state index contributed by atoms with van der Waals surface area (Å²) in [5, 5.41) is 0.678. The average molecular weight is 403 g/mol. The second-order valence-electron chi connectivity index (χ2n) is 6.86. The SMILES string of the molecule is CCOc1ccc2nc(N(CC[NH+](C)C)C(=O)Cc3ccc(F)cc3)sc2c1. The lowest BCUT2D eigenvalue weighted by Crippen LogP contribution is -3.06. The summed E-state index contributed by atoms with van der Waals surface area (Å²) < 4.78 is 19.7. The molecule has 1 amide bonds. The van der Waals surface area contributed by atoms with Crippen LogP contribution in [0.1, 0.15) is 12.5 Å². The van der Waals surface area contributed by atoms with Crippen LogP contribution in [0.4, 0.5) is 9.52 Å². The number of nitrogens with zero attached hydrogens (tertiary/aromatic N) is 2. The first-order chi connectivity index (χ1) is 13.5. The third-order valence-electron chi connectivity index (χ3n) is 4.30. The maximum Gasteiger partial charge on any atom is 0.233 e. The number of fused-ring (bicyclic) bond motifs is 1. The van der Waals surface area contributed by atoms with E-state index in [2.05, 4.69) is 19.1 Å². The number of ether oxygens (including phenoxy) is 1. The van der Waals surface area contributed by atoms with Crippen molar-refractivity contribution in [3.8, 4) is 5.75 Å². The number of likely N-dealkylation sites (N-methyl/N-ethyl adjacent to an activating group) is 1. The lowest BCUT2D eigenvalue weighted by Gasteiger charge is -2.20. The molecule has 0 saturated carbocycles. The van der Waals surface area contributed by atoms with Crippen LogP contribution in [-0.4, -0.2) is 44.7 Å². The number of amides is 1. The Bertz CT molecular complexity index is 940. The van der Waals surface area contributed by atoms with Gasteiger partial charge in [-0.1, -0.05) is 23.5 Å². The van der Waals surface area contributed by atoms with E-state index in [4.69, 9.17) is 4.74 Å². The Morgan fingerprint density at radius 1 is 1.21 bits per heavy atom. The number of rotatable bonds is 8. The highest BCUT2D eigenvalue weighted by Gasteiger charge is 2.21. The number of thiazole rings is 1. The fraction of sp³-hybridized carbons (Fsp3) is 0.333. The summed E-state index contributed by atoms with van der Waals surface area (Å²) in [6.07, 6.45) is 0.211. The number of benzene rings is 2. The van der Waals surface area contributed by atoms with Gasteiger partial charge in [0.1, 0.15) is 11.6 Å². The van der Waals surface area contributed by atoms with Gasteiger partial charge < -0.3 is 9.64 Å². The molecule has 2 aromatic carbocycles. The Labute approximate surface area is 168 Å². The van der Waals surface area contributed by atoms with Gasteiger partial charge in [-0.05, 0) is 42.8 Å². The van der Waals surface area contributed by atoms with Crippen LogP contribution in [0.25, 0.3) is 10.2 Å². The highest BCUT2D eigenvalue weighted by atomic mass is 32.1. The molecule has 0 saturated heterocycles. The van der Waals surface area contributed by atoms with Crippen LogP contribution in [0.2, 0.25) is 0 Å². The number of nitrogens with one attached hydrogen (secondary N) is 1. The number of halogens is 1. The molecule has 0 radical (unpaired) electrons. The predicted molar refractivity (Wildman–Crippen MR) is 111 cm³/mol. The summed E-state index contributed by atoms with van der Waals surface area (Å²) in [5.41, 5.74) is 1.63. The Morgan fingerprint density at radius 3 is 2.64 bits per heavy atom. The van der Waals surface area contributed by atoms with Crippen molar-refractivity contribution in [3.05, 3.63) is 53.8 Å². The number of carbonyl (C=O) groups excluding carboxylic acids is 1. The molecule has 1 N–H and O–H groups in total. The Morgan fingerprint density at radius 2 is 1.96 bits per heavy atom. The molecule has 0 aliphatic carbocycles. The molecule has 28 heavy (non-hydrogen) atoms. The summed E-state index contributed by atoms with van der Waals surface area (Å²) in [6.45, 7) is 3.92. The molecule has 0 unspecified atom stereocenters. The van der Waals surface area contributed by atoms with E-state index in [1.807, 2.05) is 25.1 Å². The molecule has 1 aromatic heterocycles. The molecule has 1 heterocycles. The monoisotopic (exact) mass is 402 g/mol. The van der Waals surface area contributed by atoms with Crippen molar-refractivity contribution in [2.24, 2.45) is 0 Å². The second-order valence-corrected chi connectivity index (χ2v) is 7.87. The minimum atomic E-state index is -0.305. The van der Waals surface area contributed by atoms with Crippen LogP contribution < -0.4 is 14.5 Å². The molecule has 7 heteroatoms. The highest BCUT2D eigenvalue weighted by Crippen LogP contribution is 2.31. The van der Waals surface area contributed by atoms with Crippen molar-refractivity contribution in [2.45, 2.75) is 13.3 Å². The van der Waals surface area contributed by atoms with Gasteiger partial charge in [0.2, 0.25) is 5.91 Å². The molecular weight excluding hydrogens is 377 g/mol. The first kappa shape index (κ1) is 20.2. The van der Waals surface area contributed by atoms with E-state index in [9.17, 15) is 9.18 Å². The maximum absolute atomic E-state index is 13.1. The third-order valence-corrected chi connectivity index (χ3v) is 5.34. The standard InChI is InChI=1S/C21H24FN3O2S/c1-4-27-17-9-10-18-19(14-17)28-21(23-18)25(12-11-24(2)3)20(26)13-15-5-7-16(22)8-6-15/h5-10,14H,4,11-13H2,1-3H3/p+1. The predicted octanol–water partition coefficient (Wildman–Crippen LogP) is 2.55. The first-order valence-electron chi connectivity index (χ1n) is 9.33. The van der Waals surface area contributed by atoms with Crippen molar-refractivity contribution in [2.75, 3.05) is 38.7 Å². The van der Waals surface area contributed by atoms with Gasteiger partial charge in [-0.3, -0.25) is 9.69 Å². The van der Waals surface area contributed by atoms with E-state index in [1.165, 1.54) is 28.4 Å². The minimum Gasteiger partial charge on any atom is -0.494 e. The van der Waals surface area contributed by atoms with Crippen molar-refractivity contribution >= 4 is 32.6 Å². The van der Waals surface area contributed by atoms with E-state index < -0.39 is 0 Å². The lowest BCUT2D eigenvalue weighted by molar-refractivity contribution is -0.856. The number of hydrogen-bond donors (Lipinski definition) is 1. The summed E-state index contributed by atoms with van der Waals surface area (Å²) in [6, 6.07) is 11.8. The Balaban J connectivity index is 1.86. The number of anilines is 1. The van der Waals surface area contributed by atoms with Crippen LogP contribution >= 0.6 is 11.3 Å². The second kappa shape index (κ2) is 9.12. The number of carbonyl (C=O) groups is 1. The molecule has 148 valence electrons. The fourth-order valence-electron chi connectivity index (χ4n) is 2.80. The van der Waals surface area contributed by atoms with E-state index in [1.54, 1.807) is 17.0 Å². The quantitative estimate of drug-likeness (QED) is 0.630. The smallest absolute Gasteiger partial charge is 0.233 e. The summed E-state index contributed by atoms with van der Waals surface area (Å²) in [5.74, 6) is 0.449. The van der Waals surface area contributed by atoms with Gasteiger partial charge >= 0.3 is 0 Å². The molecule has 0 aliphatic rings. The summed E-state index contributed by atoms with van der Waals surface area (Å²) >= 11 is 1.48. The lowest BCUT2D eigenvalue weighted by atomic mass is 10.1. The number of aromatic nitrogens is 1. The van der Waals surface area contributed by atoms with E-state index >= 15 is 0 Å². The third kappa shape index (κ3) is 5.05. The molecule has 0 aliphatic heterocycles. The average Bonchev–Trinajstić information content (AvgIpc) is 3.06. The highest BCUT2D eigenvalue weighted by molar-refractivity contribution is 7.22. The van der Waals surface area contributed by atoms with E-state index in [-0.39, 0.29) is 18.1 Å². The zero-order valence-corrected chi connectivity index (χ0v) is 17.2. The van der Waals surface area contributed by atoms with Gasteiger partial charge in [-0.25, -0.2) is 9.37 Å². The van der Waals surface area contributed by atoms with Gasteiger partial charge in [-0.15, -0.1) is 0 Å². The Hall–Kier alpha value is -2.51. The van der Waals surface area contributed by atoms with Gasteiger partial charge in [0.05, 0.1) is 50.4 Å². The molecule has 0 atom stereocenters. The van der Waals surface area contributed by atoms with Crippen molar-refractivity contribution < 1.29 is 18.8 Å². The van der Waals surface area contributed by atoms with Gasteiger partial charge in [0.25, 0.3) is 0 Å². The van der Waals surface area contributed by atoms with Crippen LogP contribution in [0, 0.1) is 5.82 Å². The van der Waals surface area contributed by atoms with Crippen molar-refractivity contribution in [1.29, 1.82) is 0 Å². The summed E-state index contributed by atoms with van der Waals surface area (Å²) in [7, 11) is 4.10. The van der Waals surface area contributed by atoms with Crippen LogP contribution in [0.5, 0.6) is 5.75 Å². The first-order valence-corrected chi connectivity index (χ1v) is 10.1. The van der Waals surface area contributed by atoms with Gasteiger partial charge in [0.15, 0.2) is 5.13 Å². The van der Waals surface area contributed by atoms with Crippen LogP contribution in [-0.2, 0) is 11.2 Å². The normalized spacial score (nSPS) is 11.2. The fourth-order valence-corrected chi connectivity index (χ4v) is 3.84. The van der Waals surface area contributed by atoms with Crippen LogP contribution in [0.15, 0.2) is 42.5 Å². The molecule has 0 fully saturated rings. The van der Waals surface area contributed by atoms with Gasteiger partial charge in [0, 0.05) is 0 Å². The maximum atomic E-state index is 13.1. The summed E-state index contributed by atoms with van der Waals surface area (Å²) in [4.78, 5) is 20.7.